The van der Waals surface area contributed by atoms with Crippen molar-refractivity contribution in [1.82, 2.24) is 9.88 Å². The normalized spacial score (nSPS) is 12.9. The molecule has 2 heteroatoms. The third-order valence-electron chi connectivity index (χ3n) is 3.32. The monoisotopic (exact) mass is 236 g/mol. The highest BCUT2D eigenvalue weighted by atomic mass is 15.0. The Morgan fingerprint density at radius 1 is 1.18 bits per heavy atom. The maximum absolute atomic E-state index is 3.48. The molecule has 0 aliphatic heterocycles. The Morgan fingerprint density at radius 3 is 2.65 bits per heavy atom. The molecule has 17 heavy (non-hydrogen) atoms. The van der Waals surface area contributed by atoms with Crippen molar-refractivity contribution < 1.29 is 0 Å². The Balaban J connectivity index is 2.35. The summed E-state index contributed by atoms with van der Waals surface area (Å²) >= 11 is 0. The van der Waals surface area contributed by atoms with Crippen molar-refractivity contribution in [2.24, 2.45) is 0 Å². The van der Waals surface area contributed by atoms with Crippen LogP contribution in [-0.2, 0) is 6.54 Å². The van der Waals surface area contributed by atoms with Crippen molar-refractivity contribution in [3.05, 3.63) is 24.0 Å². The standard InChI is InChI=1S/C15H28N2/c1-4-6-7-8-9-12-17-13-10-11-15(17)14(3)16-5-2/h10-11,13-14,16H,4-9,12H2,1-3H3. The van der Waals surface area contributed by atoms with Gasteiger partial charge in [-0.05, 0) is 32.0 Å². The SMILES string of the molecule is CCCCCCCn1cccc1C(C)NCC. The summed E-state index contributed by atoms with van der Waals surface area (Å²) in [6.07, 6.45) is 8.97. The number of hydrogen-bond acceptors (Lipinski definition) is 1. The van der Waals surface area contributed by atoms with E-state index in [-0.39, 0.29) is 0 Å². The maximum atomic E-state index is 3.48. The van der Waals surface area contributed by atoms with E-state index < -0.39 is 0 Å². The van der Waals surface area contributed by atoms with Crippen molar-refractivity contribution in [1.29, 1.82) is 0 Å². The molecule has 0 saturated heterocycles. The van der Waals surface area contributed by atoms with Crippen LogP contribution in [0, 0.1) is 0 Å². The summed E-state index contributed by atoms with van der Waals surface area (Å²) < 4.78 is 2.40. The minimum absolute atomic E-state index is 0.464. The first-order valence-electron chi connectivity index (χ1n) is 7.18. The van der Waals surface area contributed by atoms with Gasteiger partial charge >= 0.3 is 0 Å². The lowest BCUT2D eigenvalue weighted by molar-refractivity contribution is 0.513. The molecule has 2 nitrogen and oxygen atoms in total. The molecule has 1 heterocycles. The highest BCUT2D eigenvalue weighted by Crippen LogP contribution is 2.14. The fourth-order valence-electron chi connectivity index (χ4n) is 2.32. The first-order valence-corrected chi connectivity index (χ1v) is 7.18. The van der Waals surface area contributed by atoms with Crippen LogP contribution in [0.25, 0.3) is 0 Å². The largest absolute Gasteiger partial charge is 0.350 e. The lowest BCUT2D eigenvalue weighted by Crippen LogP contribution is -2.20. The van der Waals surface area contributed by atoms with Crippen LogP contribution in [0.5, 0.6) is 0 Å². The Labute approximate surface area is 106 Å². The van der Waals surface area contributed by atoms with Crippen LogP contribution in [0.1, 0.15) is 64.6 Å². The van der Waals surface area contributed by atoms with Gasteiger partial charge in [0.15, 0.2) is 0 Å². The van der Waals surface area contributed by atoms with E-state index in [1.54, 1.807) is 0 Å². The Kier molecular flexibility index (Phi) is 7.02. The van der Waals surface area contributed by atoms with E-state index >= 15 is 0 Å². The third kappa shape index (κ3) is 4.95. The predicted octanol–water partition coefficient (Wildman–Crippen LogP) is 4.13. The van der Waals surface area contributed by atoms with E-state index in [0.717, 1.165) is 6.54 Å². The van der Waals surface area contributed by atoms with Crippen LogP contribution in [0.15, 0.2) is 18.3 Å². The zero-order valence-electron chi connectivity index (χ0n) is 11.7. The number of hydrogen-bond donors (Lipinski definition) is 1. The second-order valence-corrected chi connectivity index (χ2v) is 4.82. The smallest absolute Gasteiger partial charge is 0.0446 e. The molecule has 1 atom stereocenters. The minimum Gasteiger partial charge on any atom is -0.350 e. The zero-order chi connectivity index (χ0) is 12.5. The zero-order valence-corrected chi connectivity index (χ0v) is 11.7. The number of nitrogens with zero attached hydrogens (tertiary/aromatic N) is 1. The molecule has 0 saturated carbocycles. The molecule has 1 rings (SSSR count). The molecule has 0 spiro atoms. The van der Waals surface area contributed by atoms with Crippen LogP contribution in [-0.4, -0.2) is 11.1 Å². The summed E-state index contributed by atoms with van der Waals surface area (Å²) in [5, 5.41) is 3.48. The number of unbranched alkanes of at least 4 members (excludes halogenated alkanes) is 4. The molecule has 1 N–H and O–H groups in total. The molecule has 98 valence electrons. The van der Waals surface area contributed by atoms with E-state index in [9.17, 15) is 0 Å². The molecule has 1 unspecified atom stereocenters. The molecule has 0 aromatic carbocycles. The van der Waals surface area contributed by atoms with E-state index in [2.05, 4.69) is 49.0 Å². The molecule has 0 fully saturated rings. The molecule has 0 aliphatic carbocycles. The molecular formula is C15H28N2. The van der Waals surface area contributed by atoms with E-state index in [1.165, 1.54) is 44.3 Å². The molecule has 0 radical (unpaired) electrons. The molecule has 1 aromatic heterocycles. The van der Waals surface area contributed by atoms with E-state index in [4.69, 9.17) is 0 Å². The number of nitrogens with one attached hydrogen (secondary N) is 1. The fourth-order valence-corrected chi connectivity index (χ4v) is 2.32. The molecule has 0 amide bonds. The van der Waals surface area contributed by atoms with Gasteiger partial charge in [0, 0.05) is 24.5 Å². The lowest BCUT2D eigenvalue weighted by atomic mass is 10.1. The summed E-state index contributed by atoms with van der Waals surface area (Å²) in [7, 11) is 0. The van der Waals surface area contributed by atoms with Crippen molar-refractivity contribution in [3.8, 4) is 0 Å². The van der Waals surface area contributed by atoms with Gasteiger partial charge in [-0.15, -0.1) is 0 Å². The first-order chi connectivity index (χ1) is 8.29. The third-order valence-corrected chi connectivity index (χ3v) is 3.32. The van der Waals surface area contributed by atoms with E-state index in [0.29, 0.717) is 6.04 Å². The highest BCUT2D eigenvalue weighted by Gasteiger charge is 2.07. The molecular weight excluding hydrogens is 208 g/mol. The van der Waals surface area contributed by atoms with Crippen LogP contribution < -0.4 is 5.32 Å². The van der Waals surface area contributed by atoms with Crippen molar-refractivity contribution in [2.75, 3.05) is 6.54 Å². The maximum Gasteiger partial charge on any atom is 0.0446 e. The minimum atomic E-state index is 0.464. The van der Waals surface area contributed by atoms with Crippen LogP contribution in [0.2, 0.25) is 0 Å². The quantitative estimate of drug-likeness (QED) is 0.638. The Morgan fingerprint density at radius 2 is 1.94 bits per heavy atom. The highest BCUT2D eigenvalue weighted by molar-refractivity contribution is 5.11. The van der Waals surface area contributed by atoms with Gasteiger partial charge in [-0.3, -0.25) is 0 Å². The van der Waals surface area contributed by atoms with Crippen LogP contribution >= 0.6 is 0 Å². The van der Waals surface area contributed by atoms with E-state index in [1.807, 2.05) is 0 Å². The average Bonchev–Trinajstić information content (AvgIpc) is 2.77. The topological polar surface area (TPSA) is 17.0 Å². The Bertz CT molecular complexity index is 291. The van der Waals surface area contributed by atoms with Gasteiger partial charge in [-0.2, -0.15) is 0 Å². The second-order valence-electron chi connectivity index (χ2n) is 4.82. The number of aromatic nitrogens is 1. The average molecular weight is 236 g/mol. The summed E-state index contributed by atoms with van der Waals surface area (Å²) in [4.78, 5) is 0. The Hall–Kier alpha value is -0.760. The van der Waals surface area contributed by atoms with Crippen LogP contribution in [0.3, 0.4) is 0 Å². The van der Waals surface area contributed by atoms with Gasteiger partial charge in [-0.1, -0.05) is 39.5 Å². The second kappa shape index (κ2) is 8.35. The summed E-state index contributed by atoms with van der Waals surface area (Å²) in [5.74, 6) is 0. The van der Waals surface area contributed by atoms with Gasteiger partial charge in [0.2, 0.25) is 0 Å². The lowest BCUT2D eigenvalue weighted by Gasteiger charge is -2.16. The first kappa shape index (κ1) is 14.3. The molecule has 0 aliphatic rings. The van der Waals surface area contributed by atoms with Gasteiger partial charge in [-0.25, -0.2) is 0 Å². The summed E-state index contributed by atoms with van der Waals surface area (Å²) in [6, 6.07) is 4.86. The van der Waals surface area contributed by atoms with Crippen molar-refractivity contribution in [3.63, 3.8) is 0 Å². The molecule has 1 aromatic rings. The fraction of sp³-hybridized carbons (Fsp3) is 0.733. The summed E-state index contributed by atoms with van der Waals surface area (Å²) in [5.41, 5.74) is 1.42. The number of rotatable bonds is 9. The van der Waals surface area contributed by atoms with Crippen LogP contribution in [0.4, 0.5) is 0 Å². The molecule has 0 bridgehead atoms. The predicted molar refractivity (Wildman–Crippen MR) is 75.3 cm³/mol. The number of aryl methyl sites for hydroxylation is 1. The van der Waals surface area contributed by atoms with Gasteiger partial charge in [0.05, 0.1) is 0 Å². The van der Waals surface area contributed by atoms with Crippen molar-refractivity contribution >= 4 is 0 Å². The summed E-state index contributed by atoms with van der Waals surface area (Å²) in [6.45, 7) is 8.87. The van der Waals surface area contributed by atoms with Gasteiger partial charge < -0.3 is 9.88 Å². The van der Waals surface area contributed by atoms with Crippen molar-refractivity contribution in [2.45, 2.75) is 65.5 Å². The van der Waals surface area contributed by atoms with Gasteiger partial charge in [0.25, 0.3) is 0 Å². The van der Waals surface area contributed by atoms with Gasteiger partial charge in [0.1, 0.15) is 0 Å².